The molecule has 0 aliphatic carbocycles. The lowest BCUT2D eigenvalue weighted by Crippen LogP contribution is -2.47. The second-order valence-electron chi connectivity index (χ2n) is 7.85. The summed E-state index contributed by atoms with van der Waals surface area (Å²) in [7, 11) is 4.23. The van der Waals surface area contributed by atoms with Gasteiger partial charge in [0.2, 0.25) is 0 Å². The number of aromatic nitrogens is 2. The molecule has 1 N–H and O–H groups in total. The number of hydrogen-bond donors (Lipinski definition) is 1. The van der Waals surface area contributed by atoms with Gasteiger partial charge in [0.05, 0.1) is 0 Å². The van der Waals surface area contributed by atoms with Crippen molar-refractivity contribution in [3.8, 4) is 0 Å². The molecule has 0 spiro atoms. The number of anilines is 3. The normalized spacial score (nSPS) is 18.7. The van der Waals surface area contributed by atoms with Gasteiger partial charge in [-0.1, -0.05) is 0 Å². The molecule has 0 radical (unpaired) electrons. The van der Waals surface area contributed by atoms with Gasteiger partial charge in [0.25, 0.3) is 5.91 Å². The van der Waals surface area contributed by atoms with Crippen molar-refractivity contribution < 1.29 is 4.79 Å². The molecule has 0 atom stereocenters. The maximum absolute atomic E-state index is 12.7. The van der Waals surface area contributed by atoms with Crippen LogP contribution in [0.15, 0.2) is 36.7 Å². The van der Waals surface area contributed by atoms with Gasteiger partial charge in [0, 0.05) is 69.8 Å². The third kappa shape index (κ3) is 4.83. The number of piperazine rings is 2. The largest absolute Gasteiger partial charge is 0.369 e. The molecule has 29 heavy (non-hydrogen) atoms. The Bertz CT molecular complexity index is 825. The number of amides is 1. The molecule has 154 valence electrons. The summed E-state index contributed by atoms with van der Waals surface area (Å²) in [5, 5.41) is 3.29. The van der Waals surface area contributed by atoms with E-state index in [9.17, 15) is 4.79 Å². The molecule has 2 saturated heterocycles. The van der Waals surface area contributed by atoms with Crippen LogP contribution in [-0.4, -0.2) is 97.0 Å². The zero-order valence-electron chi connectivity index (χ0n) is 17.2. The Balaban J connectivity index is 1.39. The Kier molecular flexibility index (Phi) is 5.92. The smallest absolute Gasteiger partial charge is 0.272 e. The van der Waals surface area contributed by atoms with Gasteiger partial charge in [-0.3, -0.25) is 4.79 Å². The Morgan fingerprint density at radius 3 is 2.14 bits per heavy atom. The van der Waals surface area contributed by atoms with E-state index in [1.807, 2.05) is 4.90 Å². The Hall–Kier alpha value is -2.71. The molecule has 1 amide bonds. The quantitative estimate of drug-likeness (QED) is 0.838. The zero-order chi connectivity index (χ0) is 20.2. The van der Waals surface area contributed by atoms with Gasteiger partial charge in [-0.2, -0.15) is 0 Å². The van der Waals surface area contributed by atoms with E-state index < -0.39 is 0 Å². The average Bonchev–Trinajstić information content (AvgIpc) is 2.75. The predicted molar refractivity (Wildman–Crippen MR) is 115 cm³/mol. The number of likely N-dealkylation sites (N-methyl/N-ethyl adjacent to an activating group) is 2. The molecule has 4 rings (SSSR count). The maximum atomic E-state index is 12.7. The zero-order valence-corrected chi connectivity index (χ0v) is 17.2. The SMILES string of the molecule is CN1CCN(C(=O)c2cc(Nc3ccc(N4CCN(C)CC4)cc3)ncn2)CC1. The van der Waals surface area contributed by atoms with Crippen LogP contribution in [-0.2, 0) is 0 Å². The second kappa shape index (κ2) is 8.75. The monoisotopic (exact) mass is 395 g/mol. The molecule has 2 aromatic rings. The van der Waals surface area contributed by atoms with Crippen LogP contribution in [0.2, 0.25) is 0 Å². The molecule has 1 aromatic carbocycles. The van der Waals surface area contributed by atoms with Crippen molar-refractivity contribution in [2.45, 2.75) is 0 Å². The number of hydrogen-bond acceptors (Lipinski definition) is 7. The highest BCUT2D eigenvalue weighted by atomic mass is 16.2. The van der Waals surface area contributed by atoms with E-state index in [0.717, 1.165) is 58.0 Å². The number of carbonyl (C=O) groups is 1. The Labute approximate surface area is 172 Å². The minimum atomic E-state index is -0.0334. The van der Waals surface area contributed by atoms with E-state index in [1.165, 1.54) is 12.0 Å². The van der Waals surface area contributed by atoms with Gasteiger partial charge in [-0.05, 0) is 38.4 Å². The van der Waals surface area contributed by atoms with Crippen LogP contribution in [0, 0.1) is 0 Å². The minimum Gasteiger partial charge on any atom is -0.369 e. The molecule has 0 unspecified atom stereocenters. The summed E-state index contributed by atoms with van der Waals surface area (Å²) >= 11 is 0. The molecule has 2 aliphatic heterocycles. The summed E-state index contributed by atoms with van der Waals surface area (Å²) in [5.41, 5.74) is 2.61. The third-order valence-corrected chi connectivity index (χ3v) is 5.68. The van der Waals surface area contributed by atoms with Gasteiger partial charge in [0.1, 0.15) is 17.8 Å². The summed E-state index contributed by atoms with van der Waals surface area (Å²) in [6.07, 6.45) is 1.45. The van der Waals surface area contributed by atoms with E-state index in [1.54, 1.807) is 6.07 Å². The number of rotatable bonds is 4. The summed E-state index contributed by atoms with van der Waals surface area (Å²) < 4.78 is 0. The van der Waals surface area contributed by atoms with Crippen molar-refractivity contribution in [1.82, 2.24) is 24.7 Å². The van der Waals surface area contributed by atoms with Crippen LogP contribution in [0.1, 0.15) is 10.5 Å². The van der Waals surface area contributed by atoms with Crippen LogP contribution >= 0.6 is 0 Å². The fourth-order valence-electron chi connectivity index (χ4n) is 3.68. The molecule has 3 heterocycles. The first-order chi connectivity index (χ1) is 14.1. The van der Waals surface area contributed by atoms with E-state index in [2.05, 4.69) is 68.3 Å². The standard InChI is InChI=1S/C21H29N7O/c1-25-7-11-27(12-8-25)18-5-3-17(4-6-18)24-20-15-19(22-16-23-20)21(29)28-13-9-26(2)10-14-28/h3-6,15-16H,7-14H2,1-2H3,(H,22,23,24). The summed E-state index contributed by atoms with van der Waals surface area (Å²) in [6.45, 7) is 7.52. The lowest BCUT2D eigenvalue weighted by molar-refractivity contribution is 0.0658. The molecule has 8 heteroatoms. The van der Waals surface area contributed by atoms with Crippen LogP contribution in [0.4, 0.5) is 17.2 Å². The number of nitrogens with zero attached hydrogens (tertiary/aromatic N) is 6. The van der Waals surface area contributed by atoms with Crippen LogP contribution in [0.5, 0.6) is 0 Å². The molecule has 1 aromatic heterocycles. The van der Waals surface area contributed by atoms with Gasteiger partial charge in [-0.25, -0.2) is 9.97 Å². The Morgan fingerprint density at radius 2 is 1.48 bits per heavy atom. The van der Waals surface area contributed by atoms with E-state index >= 15 is 0 Å². The summed E-state index contributed by atoms with van der Waals surface area (Å²) in [4.78, 5) is 30.0. The number of benzene rings is 1. The van der Waals surface area contributed by atoms with Crippen molar-refractivity contribution in [1.29, 1.82) is 0 Å². The highest BCUT2D eigenvalue weighted by molar-refractivity contribution is 5.93. The molecule has 0 bridgehead atoms. The summed E-state index contributed by atoms with van der Waals surface area (Å²) in [6, 6.07) is 10.1. The van der Waals surface area contributed by atoms with Crippen molar-refractivity contribution in [3.05, 3.63) is 42.4 Å². The highest BCUT2D eigenvalue weighted by Crippen LogP contribution is 2.21. The van der Waals surface area contributed by atoms with E-state index in [-0.39, 0.29) is 5.91 Å². The van der Waals surface area contributed by atoms with E-state index in [4.69, 9.17) is 0 Å². The van der Waals surface area contributed by atoms with Crippen LogP contribution < -0.4 is 10.2 Å². The highest BCUT2D eigenvalue weighted by Gasteiger charge is 2.21. The lowest BCUT2D eigenvalue weighted by Gasteiger charge is -2.34. The first-order valence-electron chi connectivity index (χ1n) is 10.2. The molecule has 0 saturated carbocycles. The first-order valence-corrected chi connectivity index (χ1v) is 10.2. The molecular formula is C21H29N7O. The Morgan fingerprint density at radius 1 is 0.862 bits per heavy atom. The number of nitrogens with one attached hydrogen (secondary N) is 1. The van der Waals surface area contributed by atoms with Gasteiger partial charge in [0.15, 0.2) is 0 Å². The fraction of sp³-hybridized carbons (Fsp3) is 0.476. The third-order valence-electron chi connectivity index (χ3n) is 5.68. The molecule has 2 fully saturated rings. The average molecular weight is 396 g/mol. The minimum absolute atomic E-state index is 0.0334. The van der Waals surface area contributed by atoms with Crippen LogP contribution in [0.3, 0.4) is 0 Å². The first kappa shape index (κ1) is 19.6. The van der Waals surface area contributed by atoms with Crippen LogP contribution in [0.25, 0.3) is 0 Å². The van der Waals surface area contributed by atoms with Crippen molar-refractivity contribution in [2.24, 2.45) is 0 Å². The summed E-state index contributed by atoms with van der Waals surface area (Å²) in [5.74, 6) is 0.596. The topological polar surface area (TPSA) is 67.8 Å². The van der Waals surface area contributed by atoms with Gasteiger partial charge in [-0.15, -0.1) is 0 Å². The number of carbonyl (C=O) groups excluding carboxylic acids is 1. The molecule has 2 aliphatic rings. The van der Waals surface area contributed by atoms with Gasteiger partial charge >= 0.3 is 0 Å². The van der Waals surface area contributed by atoms with Crippen molar-refractivity contribution in [3.63, 3.8) is 0 Å². The second-order valence-corrected chi connectivity index (χ2v) is 7.85. The lowest BCUT2D eigenvalue weighted by atomic mass is 10.2. The maximum Gasteiger partial charge on any atom is 0.272 e. The molecule has 8 nitrogen and oxygen atoms in total. The van der Waals surface area contributed by atoms with Gasteiger partial charge < -0.3 is 24.9 Å². The van der Waals surface area contributed by atoms with E-state index in [0.29, 0.717) is 11.5 Å². The predicted octanol–water partition coefficient (Wildman–Crippen LogP) is 1.36. The van der Waals surface area contributed by atoms with Crippen molar-refractivity contribution >= 4 is 23.1 Å². The molecular weight excluding hydrogens is 366 g/mol. The van der Waals surface area contributed by atoms with Crippen molar-refractivity contribution in [2.75, 3.05) is 76.7 Å². The fourth-order valence-corrected chi connectivity index (χ4v) is 3.68.